The Morgan fingerprint density at radius 1 is 1.00 bits per heavy atom. The van der Waals surface area contributed by atoms with E-state index in [1.807, 2.05) is 12.1 Å². The highest BCUT2D eigenvalue weighted by Gasteiger charge is 2.20. The molecule has 0 radical (unpaired) electrons. The monoisotopic (exact) mass is 434 g/mol. The van der Waals surface area contributed by atoms with Gasteiger partial charge >= 0.3 is 0 Å². The zero-order chi connectivity index (χ0) is 15.0. The van der Waals surface area contributed by atoms with E-state index in [1.54, 1.807) is 12.1 Å². The maximum absolute atomic E-state index is 13.3. The molecule has 110 valence electrons. The Kier molecular flexibility index (Phi) is 4.43. The van der Waals surface area contributed by atoms with E-state index in [4.69, 9.17) is 21.1 Å². The molecule has 6 heteroatoms. The quantitative estimate of drug-likeness (QED) is 0.583. The first-order valence-corrected chi connectivity index (χ1v) is 8.26. The summed E-state index contributed by atoms with van der Waals surface area (Å²) in [6, 6.07) is 8.43. The fourth-order valence-corrected chi connectivity index (χ4v) is 3.52. The van der Waals surface area contributed by atoms with Crippen LogP contribution < -0.4 is 9.47 Å². The first-order valence-electron chi connectivity index (χ1n) is 6.24. The third-order valence-corrected chi connectivity index (χ3v) is 4.95. The predicted octanol–water partition coefficient (Wildman–Crippen LogP) is 5.45. The van der Waals surface area contributed by atoms with Crippen molar-refractivity contribution < 1.29 is 13.9 Å². The number of alkyl halides is 1. The average molecular weight is 437 g/mol. The molecule has 0 fully saturated rings. The van der Waals surface area contributed by atoms with E-state index in [0.717, 1.165) is 15.6 Å². The van der Waals surface area contributed by atoms with E-state index in [-0.39, 0.29) is 5.82 Å². The van der Waals surface area contributed by atoms with Crippen LogP contribution in [0.4, 0.5) is 4.39 Å². The molecule has 1 heterocycles. The minimum Gasteiger partial charge on any atom is -0.486 e. The molecule has 1 aliphatic heterocycles. The SMILES string of the molecule is Fc1ccc(C(Cl)c2cc3c(cc2Br)OCCO3)cc1Br. The molecule has 0 saturated carbocycles. The van der Waals surface area contributed by atoms with Gasteiger partial charge in [-0.3, -0.25) is 0 Å². The van der Waals surface area contributed by atoms with Gasteiger partial charge < -0.3 is 9.47 Å². The molecule has 0 bridgehead atoms. The maximum Gasteiger partial charge on any atom is 0.162 e. The summed E-state index contributed by atoms with van der Waals surface area (Å²) >= 11 is 13.2. The third kappa shape index (κ3) is 3.05. The third-order valence-electron chi connectivity index (χ3n) is 3.17. The van der Waals surface area contributed by atoms with E-state index in [2.05, 4.69) is 31.9 Å². The van der Waals surface area contributed by atoms with Crippen LogP contribution in [-0.4, -0.2) is 13.2 Å². The van der Waals surface area contributed by atoms with Gasteiger partial charge in [-0.25, -0.2) is 4.39 Å². The van der Waals surface area contributed by atoms with Crippen molar-refractivity contribution in [2.45, 2.75) is 5.38 Å². The van der Waals surface area contributed by atoms with E-state index in [1.165, 1.54) is 6.07 Å². The predicted molar refractivity (Wildman–Crippen MR) is 86.9 cm³/mol. The zero-order valence-electron chi connectivity index (χ0n) is 10.7. The first kappa shape index (κ1) is 15.1. The molecule has 2 aromatic rings. The van der Waals surface area contributed by atoms with Crippen LogP contribution in [0.25, 0.3) is 0 Å². The lowest BCUT2D eigenvalue weighted by molar-refractivity contribution is 0.171. The topological polar surface area (TPSA) is 18.5 Å². The highest BCUT2D eigenvalue weighted by atomic mass is 79.9. The van der Waals surface area contributed by atoms with Gasteiger partial charge in [-0.2, -0.15) is 0 Å². The number of hydrogen-bond donors (Lipinski definition) is 0. The fraction of sp³-hybridized carbons (Fsp3) is 0.200. The van der Waals surface area contributed by atoms with Gasteiger partial charge in [0.15, 0.2) is 11.5 Å². The smallest absolute Gasteiger partial charge is 0.162 e. The summed E-state index contributed by atoms with van der Waals surface area (Å²) in [6.07, 6.45) is 0. The van der Waals surface area contributed by atoms with Crippen LogP contribution in [-0.2, 0) is 0 Å². The molecule has 0 N–H and O–H groups in total. The van der Waals surface area contributed by atoms with Gasteiger partial charge in [0.2, 0.25) is 0 Å². The van der Waals surface area contributed by atoms with E-state index in [9.17, 15) is 4.39 Å². The fourth-order valence-electron chi connectivity index (χ4n) is 2.12. The number of fused-ring (bicyclic) bond motifs is 1. The van der Waals surface area contributed by atoms with E-state index >= 15 is 0 Å². The van der Waals surface area contributed by atoms with Crippen molar-refractivity contribution in [3.8, 4) is 11.5 Å². The van der Waals surface area contributed by atoms with Gasteiger partial charge in [0.25, 0.3) is 0 Å². The Hall–Kier alpha value is -0.780. The van der Waals surface area contributed by atoms with Gasteiger partial charge in [-0.1, -0.05) is 22.0 Å². The molecule has 1 unspecified atom stereocenters. The maximum atomic E-state index is 13.3. The summed E-state index contributed by atoms with van der Waals surface area (Å²) in [6.45, 7) is 1.05. The van der Waals surface area contributed by atoms with Crippen molar-refractivity contribution in [3.05, 3.63) is 56.2 Å². The summed E-state index contributed by atoms with van der Waals surface area (Å²) in [5.74, 6) is 1.05. The van der Waals surface area contributed by atoms with Crippen molar-refractivity contribution >= 4 is 43.5 Å². The van der Waals surface area contributed by atoms with Crippen LogP contribution in [0, 0.1) is 5.82 Å². The van der Waals surface area contributed by atoms with Gasteiger partial charge in [0.1, 0.15) is 19.0 Å². The number of hydrogen-bond acceptors (Lipinski definition) is 2. The molecule has 21 heavy (non-hydrogen) atoms. The van der Waals surface area contributed by atoms with Crippen LogP contribution >= 0.6 is 43.5 Å². The van der Waals surface area contributed by atoms with Crippen molar-refractivity contribution in [1.82, 2.24) is 0 Å². The van der Waals surface area contributed by atoms with Crippen molar-refractivity contribution in [3.63, 3.8) is 0 Å². The lowest BCUT2D eigenvalue weighted by Crippen LogP contribution is -2.15. The molecule has 1 aliphatic rings. The molecule has 1 atom stereocenters. The molecule has 0 aromatic heterocycles. The van der Waals surface area contributed by atoms with E-state index < -0.39 is 5.38 Å². The summed E-state index contributed by atoms with van der Waals surface area (Å²) in [5, 5.41) is -0.424. The minimum absolute atomic E-state index is 0.316. The normalized spacial score (nSPS) is 14.9. The number of benzene rings is 2. The molecular weight excluding hydrogens is 426 g/mol. The highest BCUT2D eigenvalue weighted by Crippen LogP contribution is 2.42. The molecule has 2 aromatic carbocycles. The summed E-state index contributed by atoms with van der Waals surface area (Å²) in [4.78, 5) is 0. The highest BCUT2D eigenvalue weighted by molar-refractivity contribution is 9.10. The number of ether oxygens (including phenoxy) is 2. The summed E-state index contributed by atoms with van der Waals surface area (Å²) < 4.78 is 25.6. The number of halogens is 4. The molecule has 0 aliphatic carbocycles. The van der Waals surface area contributed by atoms with Gasteiger partial charge in [0, 0.05) is 4.47 Å². The Morgan fingerprint density at radius 3 is 2.33 bits per heavy atom. The van der Waals surface area contributed by atoms with Gasteiger partial charge in [-0.05, 0) is 51.3 Å². The Bertz CT molecular complexity index is 694. The number of rotatable bonds is 2. The van der Waals surface area contributed by atoms with Crippen molar-refractivity contribution in [1.29, 1.82) is 0 Å². The van der Waals surface area contributed by atoms with Crippen LogP contribution in [0.3, 0.4) is 0 Å². The molecule has 0 saturated heterocycles. The van der Waals surface area contributed by atoms with Crippen LogP contribution in [0.1, 0.15) is 16.5 Å². The second-order valence-corrected chi connectivity index (χ2v) is 6.70. The largest absolute Gasteiger partial charge is 0.486 e. The average Bonchev–Trinajstić information content (AvgIpc) is 2.48. The molecule has 2 nitrogen and oxygen atoms in total. The van der Waals surface area contributed by atoms with E-state index in [0.29, 0.717) is 29.2 Å². The van der Waals surface area contributed by atoms with Gasteiger partial charge in [-0.15, -0.1) is 11.6 Å². The Balaban J connectivity index is 2.00. The van der Waals surface area contributed by atoms with Crippen molar-refractivity contribution in [2.24, 2.45) is 0 Å². The first-order chi connectivity index (χ1) is 10.1. The molecular formula is C15H10Br2ClFO2. The second-order valence-electron chi connectivity index (χ2n) is 4.55. The van der Waals surface area contributed by atoms with Crippen LogP contribution in [0.2, 0.25) is 0 Å². The van der Waals surface area contributed by atoms with Crippen molar-refractivity contribution in [2.75, 3.05) is 13.2 Å². The van der Waals surface area contributed by atoms with Gasteiger partial charge in [0.05, 0.1) is 9.85 Å². The summed E-state index contributed by atoms with van der Waals surface area (Å²) in [5.41, 5.74) is 1.64. The van der Waals surface area contributed by atoms with Crippen LogP contribution in [0.15, 0.2) is 39.3 Å². The zero-order valence-corrected chi connectivity index (χ0v) is 14.6. The Morgan fingerprint density at radius 2 is 1.67 bits per heavy atom. The lowest BCUT2D eigenvalue weighted by atomic mass is 10.0. The van der Waals surface area contributed by atoms with Crippen LogP contribution in [0.5, 0.6) is 11.5 Å². The summed E-state index contributed by atoms with van der Waals surface area (Å²) in [7, 11) is 0. The Labute approximate surface area is 143 Å². The molecule has 0 amide bonds. The lowest BCUT2D eigenvalue weighted by Gasteiger charge is -2.21. The standard InChI is InChI=1S/C15H10Br2ClFO2/c16-10-7-14-13(20-3-4-21-14)6-9(10)15(18)8-1-2-12(19)11(17)5-8/h1-2,5-7,15H,3-4H2. The molecule has 0 spiro atoms. The second kappa shape index (κ2) is 6.15. The minimum atomic E-state index is -0.424. The molecule has 3 rings (SSSR count).